The van der Waals surface area contributed by atoms with Crippen LogP contribution in [0.5, 0.6) is 0 Å². The number of hydrogen-bond donors (Lipinski definition) is 0. The first-order valence-electron chi connectivity index (χ1n) is 22.7. The van der Waals surface area contributed by atoms with Crippen LogP contribution in [0, 0.1) is 18.8 Å². The molecule has 5 heteroatoms. The maximum Gasteiger partial charge on any atom is 0.257 e. The molecule has 5 aromatic carbocycles. The number of fused-ring (bicyclic) bond motifs is 7. The van der Waals surface area contributed by atoms with Gasteiger partial charge in [-0.3, -0.25) is 9.80 Å². The molecule has 3 aliphatic heterocycles. The van der Waals surface area contributed by atoms with Gasteiger partial charge in [-0.15, -0.1) is 11.3 Å². The van der Waals surface area contributed by atoms with Crippen molar-refractivity contribution in [2.24, 2.45) is 16.8 Å². The number of amidine groups is 1. The van der Waals surface area contributed by atoms with Crippen LogP contribution >= 0.6 is 11.3 Å². The molecule has 0 bridgehead atoms. The minimum absolute atomic E-state index is 0.0708. The van der Waals surface area contributed by atoms with Gasteiger partial charge in [-0.25, -0.2) is 4.99 Å². The van der Waals surface area contributed by atoms with E-state index in [0.717, 1.165) is 35.9 Å². The highest BCUT2D eigenvalue weighted by Crippen LogP contribution is 2.56. The van der Waals surface area contributed by atoms with Crippen LogP contribution in [0.1, 0.15) is 115 Å². The van der Waals surface area contributed by atoms with E-state index in [4.69, 9.17) is 4.99 Å². The summed E-state index contributed by atoms with van der Waals surface area (Å²) in [6.07, 6.45) is 6.83. The summed E-state index contributed by atoms with van der Waals surface area (Å²) in [6.45, 7) is 22.0. The molecule has 4 heterocycles. The van der Waals surface area contributed by atoms with Gasteiger partial charge in [0.15, 0.2) is 0 Å². The second kappa shape index (κ2) is 14.4. The normalized spacial score (nSPS) is 20.6. The molecule has 0 spiro atoms. The lowest BCUT2D eigenvalue weighted by Gasteiger charge is -2.54. The SMILES string of the molecule is CCCCc1ccc2sc3c(c2c1)N(c1ccc2c(c1)C(C)(C)CCC2(C)C)C1=C2B3c3cc(C)ccc3C(C)(C)C2C(CC)C(N(c2ccccc2)c2ccccc2)=N1. The fourth-order valence-corrected chi connectivity index (χ4v) is 13.0. The third-order valence-electron chi connectivity index (χ3n) is 14.9. The molecule has 1 aliphatic carbocycles. The van der Waals surface area contributed by atoms with Gasteiger partial charge in [-0.05, 0) is 137 Å². The van der Waals surface area contributed by atoms with E-state index in [1.165, 1.54) is 90.7 Å². The molecule has 10 rings (SSSR count). The Morgan fingerprint density at radius 2 is 1.42 bits per heavy atom. The van der Waals surface area contributed by atoms with Gasteiger partial charge in [0.05, 0.1) is 5.69 Å². The van der Waals surface area contributed by atoms with Crippen molar-refractivity contribution in [3.63, 3.8) is 0 Å². The van der Waals surface area contributed by atoms with Gasteiger partial charge in [-0.2, -0.15) is 0 Å². The predicted octanol–water partition coefficient (Wildman–Crippen LogP) is 13.6. The van der Waals surface area contributed by atoms with Crippen molar-refractivity contribution in [3.8, 4) is 0 Å². The highest BCUT2D eigenvalue weighted by molar-refractivity contribution is 7.32. The number of unbranched alkanes of at least 4 members (excludes halogenated alkanes) is 1. The van der Waals surface area contributed by atoms with Crippen LogP contribution in [-0.2, 0) is 22.7 Å². The number of allylic oxidation sites excluding steroid dienone is 1. The zero-order chi connectivity index (χ0) is 41.7. The van der Waals surface area contributed by atoms with Gasteiger partial charge >= 0.3 is 0 Å². The van der Waals surface area contributed by atoms with E-state index in [-0.39, 0.29) is 34.8 Å². The zero-order valence-electron chi connectivity index (χ0n) is 37.2. The Labute approximate surface area is 363 Å². The van der Waals surface area contributed by atoms with Crippen LogP contribution in [0.25, 0.3) is 10.1 Å². The molecule has 6 aromatic rings. The summed E-state index contributed by atoms with van der Waals surface area (Å²) in [4.78, 5) is 11.3. The van der Waals surface area contributed by atoms with Crippen LogP contribution in [0.3, 0.4) is 0 Å². The minimum Gasteiger partial charge on any atom is -0.298 e. The molecule has 0 amide bonds. The molecule has 2 atom stereocenters. The van der Waals surface area contributed by atoms with Gasteiger partial charge in [0.25, 0.3) is 6.71 Å². The van der Waals surface area contributed by atoms with Crippen molar-refractivity contribution in [1.29, 1.82) is 0 Å². The molecule has 4 aliphatic rings. The number of nitrogens with zero attached hydrogens (tertiary/aromatic N) is 3. The Bertz CT molecular complexity index is 2660. The van der Waals surface area contributed by atoms with Crippen molar-refractivity contribution >= 4 is 67.0 Å². The van der Waals surface area contributed by atoms with E-state index in [2.05, 4.69) is 187 Å². The lowest BCUT2D eigenvalue weighted by Crippen LogP contribution is -2.63. The Morgan fingerprint density at radius 1 is 0.750 bits per heavy atom. The maximum atomic E-state index is 6.20. The molecular weight excluding hydrogens is 746 g/mol. The lowest BCUT2D eigenvalue weighted by atomic mass is 9.28. The van der Waals surface area contributed by atoms with Crippen LogP contribution in [0.4, 0.5) is 22.7 Å². The number of hydrogen-bond acceptors (Lipinski definition) is 4. The average molecular weight is 806 g/mol. The highest BCUT2D eigenvalue weighted by Gasteiger charge is 2.57. The summed E-state index contributed by atoms with van der Waals surface area (Å²) in [6, 6.07) is 44.2. The van der Waals surface area contributed by atoms with Crippen molar-refractivity contribution in [1.82, 2.24) is 0 Å². The number of thiophene rings is 1. The molecule has 2 unspecified atom stereocenters. The van der Waals surface area contributed by atoms with E-state index < -0.39 is 0 Å². The van der Waals surface area contributed by atoms with Gasteiger partial charge < -0.3 is 0 Å². The van der Waals surface area contributed by atoms with E-state index >= 15 is 0 Å². The quantitative estimate of drug-likeness (QED) is 0.150. The summed E-state index contributed by atoms with van der Waals surface area (Å²) in [5.41, 5.74) is 15.1. The second-order valence-corrected chi connectivity index (χ2v) is 21.2. The number of benzene rings is 5. The van der Waals surface area contributed by atoms with Crippen molar-refractivity contribution in [2.75, 3.05) is 9.80 Å². The van der Waals surface area contributed by atoms with Crippen molar-refractivity contribution in [3.05, 3.63) is 154 Å². The monoisotopic (exact) mass is 805 g/mol. The Morgan fingerprint density at radius 3 is 2.08 bits per heavy atom. The maximum absolute atomic E-state index is 6.20. The summed E-state index contributed by atoms with van der Waals surface area (Å²) >= 11 is 2.03. The van der Waals surface area contributed by atoms with Crippen LogP contribution in [0.2, 0.25) is 0 Å². The first kappa shape index (κ1) is 39.3. The number of aryl methyl sites for hydroxylation is 2. The first-order chi connectivity index (χ1) is 28.8. The topological polar surface area (TPSA) is 18.8 Å². The molecule has 0 fully saturated rings. The number of para-hydroxylation sites is 2. The van der Waals surface area contributed by atoms with E-state index in [9.17, 15) is 0 Å². The largest absolute Gasteiger partial charge is 0.298 e. The molecule has 0 saturated heterocycles. The molecule has 0 N–H and O–H groups in total. The van der Waals surface area contributed by atoms with E-state index in [1.54, 1.807) is 0 Å². The smallest absolute Gasteiger partial charge is 0.257 e. The summed E-state index contributed by atoms with van der Waals surface area (Å²) in [5, 5.41) is 1.36. The van der Waals surface area contributed by atoms with Crippen LogP contribution in [-0.4, -0.2) is 12.5 Å². The Kier molecular flexibility index (Phi) is 9.41. The molecule has 0 radical (unpaired) electrons. The molecule has 60 heavy (non-hydrogen) atoms. The van der Waals surface area contributed by atoms with Crippen molar-refractivity contribution < 1.29 is 0 Å². The first-order valence-corrected chi connectivity index (χ1v) is 23.5. The highest BCUT2D eigenvalue weighted by atomic mass is 32.1. The second-order valence-electron chi connectivity index (χ2n) is 20.1. The summed E-state index contributed by atoms with van der Waals surface area (Å²) in [5.74, 6) is 2.66. The third-order valence-corrected chi connectivity index (χ3v) is 16.1. The Balaban J connectivity index is 1.34. The number of anilines is 4. The van der Waals surface area contributed by atoms with Gasteiger partial charge in [0.2, 0.25) is 0 Å². The van der Waals surface area contributed by atoms with Crippen molar-refractivity contribution in [2.45, 2.75) is 117 Å². The van der Waals surface area contributed by atoms with Crippen LogP contribution in [0.15, 0.2) is 132 Å². The molecule has 1 aromatic heterocycles. The summed E-state index contributed by atoms with van der Waals surface area (Å²) < 4.78 is 2.84. The number of aliphatic imine (C=N–C) groups is 1. The fraction of sp³-hybridized carbons (Fsp3) is 0.364. The predicted molar refractivity (Wildman–Crippen MR) is 260 cm³/mol. The third kappa shape index (κ3) is 6.00. The fourth-order valence-electron chi connectivity index (χ4n) is 11.7. The summed E-state index contributed by atoms with van der Waals surface area (Å²) in [7, 11) is 0. The minimum atomic E-state index is -0.157. The van der Waals surface area contributed by atoms with Crippen LogP contribution < -0.4 is 20.0 Å². The lowest BCUT2D eigenvalue weighted by molar-refractivity contribution is 0.297. The molecule has 0 saturated carbocycles. The zero-order valence-corrected chi connectivity index (χ0v) is 38.0. The molecular formula is C55H60BN3S. The standard InChI is InChI=1S/C55H60BN3S/c1-10-12-19-36-25-29-46-41(33-36)49-50(60-46)56-45-32-35(3)24-27-43(45)55(8,9)47-40(11-2)51(58(37-20-15-13-16-21-37)38-22-17-14-18-23-38)57-52(48(47)56)59(49)39-26-28-42-44(34-39)54(6,7)31-30-53(42,4)5/h13-18,20-29,32-34,40,47H,10-12,19,30-31H2,1-9H3. The van der Waals surface area contributed by atoms with Gasteiger partial charge in [0.1, 0.15) is 11.7 Å². The average Bonchev–Trinajstić information content (AvgIpc) is 3.61. The van der Waals surface area contributed by atoms with E-state index in [0.29, 0.717) is 0 Å². The molecule has 3 nitrogen and oxygen atoms in total. The van der Waals surface area contributed by atoms with E-state index in [1.807, 2.05) is 11.3 Å². The van der Waals surface area contributed by atoms with Gasteiger partial charge in [-0.1, -0.05) is 140 Å². The molecule has 304 valence electrons. The van der Waals surface area contributed by atoms with Gasteiger partial charge in [0, 0.05) is 37.8 Å². The Hall–Kier alpha value is -4.87. The number of rotatable bonds is 7.